The van der Waals surface area contributed by atoms with Gasteiger partial charge in [0.25, 0.3) is 5.91 Å². The quantitative estimate of drug-likeness (QED) is 0.454. The number of hydrogen-bond donors (Lipinski definition) is 1. The van der Waals surface area contributed by atoms with E-state index in [1.165, 1.54) is 6.20 Å². The van der Waals surface area contributed by atoms with Gasteiger partial charge in [0, 0.05) is 41.1 Å². The molecule has 1 atom stereocenters. The summed E-state index contributed by atoms with van der Waals surface area (Å²) in [6.45, 7) is 4.28. The highest BCUT2D eigenvalue weighted by Crippen LogP contribution is 2.36. The molecule has 1 aromatic carbocycles. The SMILES string of the molecule is CCN1Cc2c(ccnc2N[C@@H](C)c2cc(F)c(-c3cc(C(F)(F)F)cc(OC)n3)cc2F)C1=O. The first-order chi connectivity index (χ1) is 16.5. The Morgan fingerprint density at radius 2 is 1.89 bits per heavy atom. The number of nitrogens with zero attached hydrogens (tertiary/aromatic N) is 3. The minimum Gasteiger partial charge on any atom is -0.481 e. The minimum atomic E-state index is -4.73. The molecular weight excluding hydrogens is 471 g/mol. The molecule has 1 aliphatic heterocycles. The van der Waals surface area contributed by atoms with Gasteiger partial charge in [-0.25, -0.2) is 18.7 Å². The molecule has 0 spiro atoms. The van der Waals surface area contributed by atoms with E-state index in [1.54, 1.807) is 17.9 Å². The van der Waals surface area contributed by atoms with Gasteiger partial charge in [-0.05, 0) is 38.1 Å². The highest BCUT2D eigenvalue weighted by Gasteiger charge is 2.33. The van der Waals surface area contributed by atoms with Crippen LogP contribution in [0.4, 0.5) is 27.8 Å². The molecule has 0 unspecified atom stereocenters. The number of carbonyl (C=O) groups is 1. The summed E-state index contributed by atoms with van der Waals surface area (Å²) >= 11 is 0. The number of ether oxygens (including phenoxy) is 1. The Morgan fingerprint density at radius 1 is 1.14 bits per heavy atom. The minimum absolute atomic E-state index is 0.0683. The standard InChI is InChI=1S/C24H21F5N4O2/c1-4-33-11-17-14(23(33)34)5-6-30-22(17)31-12(2)15-9-19(26)16(10-18(15)25)20-7-13(24(27,28)29)8-21(32-20)35-3/h5-10,12H,4,11H2,1-3H3,(H,30,31)/t12-/m0/s1. The third-order valence-electron chi connectivity index (χ3n) is 5.82. The van der Waals surface area contributed by atoms with Crippen LogP contribution in [0.15, 0.2) is 36.5 Å². The zero-order chi connectivity index (χ0) is 25.5. The van der Waals surface area contributed by atoms with Crippen LogP contribution < -0.4 is 10.1 Å². The van der Waals surface area contributed by atoms with Crippen LogP contribution in [0, 0.1) is 11.6 Å². The normalized spacial score (nSPS) is 14.2. The Bertz CT molecular complexity index is 1300. The van der Waals surface area contributed by atoms with Gasteiger partial charge < -0.3 is 15.0 Å². The zero-order valence-electron chi connectivity index (χ0n) is 19.0. The van der Waals surface area contributed by atoms with Crippen LogP contribution in [0.2, 0.25) is 0 Å². The molecule has 1 aliphatic rings. The average Bonchev–Trinajstić information content (AvgIpc) is 3.16. The van der Waals surface area contributed by atoms with E-state index in [0.717, 1.165) is 19.2 Å². The maximum absolute atomic E-state index is 15.1. The molecule has 0 bridgehead atoms. The van der Waals surface area contributed by atoms with Gasteiger partial charge in [-0.1, -0.05) is 0 Å². The molecule has 35 heavy (non-hydrogen) atoms. The number of amides is 1. The topological polar surface area (TPSA) is 67.3 Å². The van der Waals surface area contributed by atoms with E-state index in [4.69, 9.17) is 4.74 Å². The fraction of sp³-hybridized carbons (Fsp3) is 0.292. The lowest BCUT2D eigenvalue weighted by Crippen LogP contribution is -2.22. The zero-order valence-corrected chi connectivity index (χ0v) is 19.0. The number of carbonyl (C=O) groups excluding carboxylic acids is 1. The lowest BCUT2D eigenvalue weighted by Gasteiger charge is -2.19. The van der Waals surface area contributed by atoms with Gasteiger partial charge >= 0.3 is 6.18 Å². The molecule has 184 valence electrons. The van der Waals surface area contributed by atoms with Crippen molar-refractivity contribution < 1.29 is 31.5 Å². The molecule has 1 N–H and O–H groups in total. The second-order valence-corrected chi connectivity index (χ2v) is 8.01. The van der Waals surface area contributed by atoms with Crippen molar-refractivity contribution in [2.24, 2.45) is 0 Å². The first-order valence-corrected chi connectivity index (χ1v) is 10.7. The lowest BCUT2D eigenvalue weighted by molar-refractivity contribution is -0.137. The number of nitrogens with one attached hydrogen (secondary N) is 1. The average molecular weight is 492 g/mol. The molecule has 0 saturated heterocycles. The number of aromatic nitrogens is 2. The molecule has 0 aliphatic carbocycles. The summed E-state index contributed by atoms with van der Waals surface area (Å²) in [4.78, 5) is 22.1. The van der Waals surface area contributed by atoms with Gasteiger partial charge in [-0.3, -0.25) is 4.79 Å². The lowest BCUT2D eigenvalue weighted by atomic mass is 10.0. The molecule has 3 heterocycles. The number of pyridine rings is 2. The van der Waals surface area contributed by atoms with E-state index in [0.29, 0.717) is 42.2 Å². The van der Waals surface area contributed by atoms with Crippen LogP contribution in [0.25, 0.3) is 11.3 Å². The van der Waals surface area contributed by atoms with Gasteiger partial charge in [0.05, 0.1) is 31.0 Å². The largest absolute Gasteiger partial charge is 0.481 e. The van der Waals surface area contributed by atoms with Gasteiger partial charge in [0.2, 0.25) is 5.88 Å². The molecule has 0 fully saturated rings. The van der Waals surface area contributed by atoms with Crippen LogP contribution in [0.1, 0.15) is 46.9 Å². The highest BCUT2D eigenvalue weighted by atomic mass is 19.4. The number of halogens is 5. The second-order valence-electron chi connectivity index (χ2n) is 8.01. The first kappa shape index (κ1) is 24.4. The van der Waals surface area contributed by atoms with Crippen molar-refractivity contribution in [3.63, 3.8) is 0 Å². The Balaban J connectivity index is 1.67. The third-order valence-corrected chi connectivity index (χ3v) is 5.82. The van der Waals surface area contributed by atoms with Crippen LogP contribution in [0.5, 0.6) is 5.88 Å². The highest BCUT2D eigenvalue weighted by molar-refractivity contribution is 5.99. The summed E-state index contributed by atoms with van der Waals surface area (Å²) in [5.41, 5.74) is -0.877. The Kier molecular flexibility index (Phi) is 6.35. The van der Waals surface area contributed by atoms with Crippen LogP contribution in [-0.4, -0.2) is 34.4 Å². The first-order valence-electron chi connectivity index (χ1n) is 10.7. The summed E-state index contributed by atoms with van der Waals surface area (Å²) in [5, 5.41) is 3.02. The fourth-order valence-electron chi connectivity index (χ4n) is 3.95. The van der Waals surface area contributed by atoms with Crippen molar-refractivity contribution in [1.82, 2.24) is 14.9 Å². The number of fused-ring (bicyclic) bond motifs is 1. The number of anilines is 1. The molecule has 3 aromatic rings. The monoisotopic (exact) mass is 492 g/mol. The Labute approximate surface area is 197 Å². The van der Waals surface area contributed by atoms with Crippen molar-refractivity contribution in [2.75, 3.05) is 19.0 Å². The van der Waals surface area contributed by atoms with E-state index in [2.05, 4.69) is 15.3 Å². The van der Waals surface area contributed by atoms with Crippen molar-refractivity contribution in [3.05, 3.63) is 70.4 Å². The number of hydrogen-bond acceptors (Lipinski definition) is 5. The van der Waals surface area contributed by atoms with E-state index < -0.39 is 40.7 Å². The Morgan fingerprint density at radius 3 is 2.54 bits per heavy atom. The summed E-state index contributed by atoms with van der Waals surface area (Å²) < 4.78 is 74.6. The van der Waals surface area contributed by atoms with Gasteiger partial charge in [0.1, 0.15) is 17.5 Å². The predicted molar refractivity (Wildman–Crippen MR) is 118 cm³/mol. The van der Waals surface area contributed by atoms with Crippen molar-refractivity contribution >= 4 is 11.7 Å². The summed E-state index contributed by atoms with van der Waals surface area (Å²) in [5.74, 6) is -1.95. The summed E-state index contributed by atoms with van der Waals surface area (Å²) in [6.07, 6.45) is -3.27. The maximum atomic E-state index is 15.1. The molecule has 4 rings (SSSR count). The molecule has 0 radical (unpaired) electrons. The number of alkyl halides is 3. The third kappa shape index (κ3) is 4.62. The van der Waals surface area contributed by atoms with E-state index >= 15 is 8.78 Å². The molecule has 0 saturated carbocycles. The predicted octanol–water partition coefficient (Wildman–Crippen LogP) is 5.60. The fourth-order valence-corrected chi connectivity index (χ4v) is 3.95. The van der Waals surface area contributed by atoms with Crippen LogP contribution in [0.3, 0.4) is 0 Å². The van der Waals surface area contributed by atoms with Crippen molar-refractivity contribution in [2.45, 2.75) is 32.6 Å². The maximum Gasteiger partial charge on any atom is 0.416 e. The van der Waals surface area contributed by atoms with Gasteiger partial charge in [0.15, 0.2) is 0 Å². The van der Waals surface area contributed by atoms with Crippen LogP contribution in [-0.2, 0) is 12.7 Å². The Hall–Kier alpha value is -3.76. The van der Waals surface area contributed by atoms with Crippen molar-refractivity contribution in [3.8, 4) is 17.1 Å². The molecular formula is C24H21F5N4O2. The molecule has 6 nitrogen and oxygen atoms in total. The van der Waals surface area contributed by atoms with E-state index in [9.17, 15) is 18.0 Å². The van der Waals surface area contributed by atoms with E-state index in [-0.39, 0.29) is 17.4 Å². The molecule has 2 aromatic heterocycles. The number of methoxy groups -OCH3 is 1. The van der Waals surface area contributed by atoms with Crippen LogP contribution >= 0.6 is 0 Å². The smallest absolute Gasteiger partial charge is 0.416 e. The summed E-state index contributed by atoms with van der Waals surface area (Å²) in [6, 6.07) is 3.85. The van der Waals surface area contributed by atoms with E-state index in [1.807, 2.05) is 6.92 Å². The van der Waals surface area contributed by atoms with Gasteiger partial charge in [-0.15, -0.1) is 0 Å². The molecule has 1 amide bonds. The second kappa shape index (κ2) is 9.12. The van der Waals surface area contributed by atoms with Gasteiger partial charge in [-0.2, -0.15) is 13.2 Å². The van der Waals surface area contributed by atoms with Crippen molar-refractivity contribution in [1.29, 1.82) is 0 Å². The molecule has 11 heteroatoms. The number of rotatable bonds is 6. The summed E-state index contributed by atoms with van der Waals surface area (Å²) in [7, 11) is 1.13. The number of benzene rings is 1.